The standard InChI is InChI=1S/C30H20N4O5S/c1-19-7-5-6-10-25(19)32-28(35)24(18-31)30-33(21-8-3-2-4-9-21)29(36)27(40-30)17-23-15-16-26(39-23)20-11-13-22(14-12-20)34(37)38/h2-17H,1H3,(H,32,35)/b27-17+,30-24-. The van der Waals surface area contributed by atoms with Crippen molar-refractivity contribution in [1.82, 2.24) is 4.57 Å². The third-order valence-corrected chi connectivity index (χ3v) is 7.14. The van der Waals surface area contributed by atoms with E-state index in [4.69, 9.17) is 4.42 Å². The molecule has 0 bridgehead atoms. The summed E-state index contributed by atoms with van der Waals surface area (Å²) >= 11 is 1.00. The van der Waals surface area contributed by atoms with Gasteiger partial charge in [0, 0.05) is 29.5 Å². The van der Waals surface area contributed by atoms with Crippen molar-refractivity contribution < 1.29 is 14.1 Å². The number of hydrogen-bond acceptors (Lipinski definition) is 7. The molecule has 1 N–H and O–H groups in total. The first-order valence-corrected chi connectivity index (χ1v) is 12.8. The Balaban J connectivity index is 1.63. The lowest BCUT2D eigenvalue weighted by molar-refractivity contribution is -0.384. The van der Waals surface area contributed by atoms with E-state index in [0.717, 1.165) is 16.9 Å². The maximum atomic E-state index is 13.6. The number of nitriles is 1. The highest BCUT2D eigenvalue weighted by Gasteiger charge is 2.18. The second-order valence-corrected chi connectivity index (χ2v) is 9.68. The summed E-state index contributed by atoms with van der Waals surface area (Å²) in [5, 5.41) is 23.7. The zero-order valence-electron chi connectivity index (χ0n) is 21.0. The number of hydrogen-bond donors (Lipinski definition) is 1. The number of nitrogens with one attached hydrogen (secondary N) is 1. The molecule has 0 aliphatic rings. The van der Waals surface area contributed by atoms with Gasteiger partial charge in [0.2, 0.25) is 0 Å². The maximum Gasteiger partial charge on any atom is 0.273 e. The van der Waals surface area contributed by atoms with Crippen LogP contribution in [0.4, 0.5) is 11.4 Å². The number of amides is 1. The van der Waals surface area contributed by atoms with Gasteiger partial charge < -0.3 is 9.73 Å². The molecular formula is C30H20N4O5S. The predicted octanol–water partition coefficient (Wildman–Crippen LogP) is 4.52. The fourth-order valence-corrected chi connectivity index (χ4v) is 5.10. The van der Waals surface area contributed by atoms with Crippen LogP contribution in [0.2, 0.25) is 0 Å². The van der Waals surface area contributed by atoms with Gasteiger partial charge in [0.1, 0.15) is 22.3 Å². The third-order valence-electron chi connectivity index (χ3n) is 6.05. The van der Waals surface area contributed by atoms with Gasteiger partial charge in [-0.15, -0.1) is 11.3 Å². The average molecular weight is 549 g/mol. The summed E-state index contributed by atoms with van der Waals surface area (Å²) in [6.45, 7) is 1.84. The molecule has 2 aromatic heterocycles. The number of para-hydroxylation sites is 2. The molecule has 0 spiro atoms. The van der Waals surface area contributed by atoms with Crippen molar-refractivity contribution in [2.75, 3.05) is 5.32 Å². The van der Waals surface area contributed by atoms with Gasteiger partial charge in [0.15, 0.2) is 5.57 Å². The SMILES string of the molecule is Cc1ccccc1NC(=O)/C(C#N)=c1\s/c(=C/c2ccc(-c3ccc([N+](=O)[O-])cc3)o2)c(=O)n1-c1ccccc1. The van der Waals surface area contributed by atoms with Crippen LogP contribution in [0.1, 0.15) is 11.3 Å². The fraction of sp³-hybridized carbons (Fsp3) is 0.0333. The van der Waals surface area contributed by atoms with Gasteiger partial charge in [-0.1, -0.05) is 36.4 Å². The number of nitro benzene ring substituents is 1. The van der Waals surface area contributed by atoms with Crippen molar-refractivity contribution >= 4 is 40.3 Å². The minimum Gasteiger partial charge on any atom is -0.457 e. The van der Waals surface area contributed by atoms with E-state index in [1.165, 1.54) is 16.7 Å². The largest absolute Gasteiger partial charge is 0.457 e. The van der Waals surface area contributed by atoms with Crippen molar-refractivity contribution in [1.29, 1.82) is 5.26 Å². The number of nitro groups is 1. The summed E-state index contributed by atoms with van der Waals surface area (Å²) in [6.07, 6.45) is 1.54. The molecule has 9 nitrogen and oxygen atoms in total. The third kappa shape index (κ3) is 5.22. The van der Waals surface area contributed by atoms with Gasteiger partial charge in [-0.05, 0) is 55.0 Å². The Morgan fingerprint density at radius 3 is 2.40 bits per heavy atom. The van der Waals surface area contributed by atoms with Gasteiger partial charge in [-0.2, -0.15) is 5.26 Å². The van der Waals surface area contributed by atoms with Crippen molar-refractivity contribution in [3.63, 3.8) is 0 Å². The highest BCUT2D eigenvalue weighted by atomic mass is 32.1. The summed E-state index contributed by atoms with van der Waals surface area (Å²) < 4.78 is 7.66. The van der Waals surface area contributed by atoms with E-state index in [0.29, 0.717) is 28.5 Å². The van der Waals surface area contributed by atoms with Crippen LogP contribution < -0.4 is 20.1 Å². The molecule has 0 unspecified atom stereocenters. The quantitative estimate of drug-likeness (QED) is 0.245. The Hall–Kier alpha value is -5.53. The van der Waals surface area contributed by atoms with E-state index in [9.17, 15) is 25.0 Å². The monoisotopic (exact) mass is 548 g/mol. The summed E-state index contributed by atoms with van der Waals surface area (Å²) in [6, 6.07) is 27.2. The number of aromatic nitrogens is 1. The molecule has 5 rings (SSSR count). The number of non-ortho nitro benzene ring substituents is 1. The second-order valence-electron chi connectivity index (χ2n) is 8.65. The van der Waals surface area contributed by atoms with E-state index >= 15 is 0 Å². The fourth-order valence-electron chi connectivity index (χ4n) is 4.02. The maximum absolute atomic E-state index is 13.6. The molecule has 5 aromatic rings. The molecule has 0 saturated carbocycles. The Kier molecular flexibility index (Phi) is 7.22. The van der Waals surface area contributed by atoms with Crippen LogP contribution in [0.5, 0.6) is 0 Å². The lowest BCUT2D eigenvalue weighted by Gasteiger charge is -2.08. The molecule has 0 atom stereocenters. The molecule has 10 heteroatoms. The Morgan fingerprint density at radius 2 is 1.73 bits per heavy atom. The van der Waals surface area contributed by atoms with E-state index < -0.39 is 16.4 Å². The second kappa shape index (κ2) is 11.1. The van der Waals surface area contributed by atoms with E-state index in [1.807, 2.05) is 25.1 Å². The molecule has 0 saturated heterocycles. The van der Waals surface area contributed by atoms with Crippen LogP contribution in [0, 0.1) is 28.4 Å². The first-order chi connectivity index (χ1) is 19.4. The molecule has 0 fully saturated rings. The zero-order chi connectivity index (χ0) is 28.2. The van der Waals surface area contributed by atoms with Crippen molar-refractivity contribution in [3.05, 3.63) is 132 Å². The minimum absolute atomic E-state index is 0.0364. The minimum atomic E-state index is -0.632. The highest BCUT2D eigenvalue weighted by molar-refractivity contribution is 7.07. The average Bonchev–Trinajstić information content (AvgIpc) is 3.55. The Labute approximate surface area is 231 Å². The normalized spacial score (nSPS) is 12.1. The topological polar surface area (TPSA) is 131 Å². The molecule has 2 heterocycles. The van der Waals surface area contributed by atoms with Crippen LogP contribution in [-0.2, 0) is 4.79 Å². The highest BCUT2D eigenvalue weighted by Crippen LogP contribution is 2.24. The lowest BCUT2D eigenvalue weighted by Crippen LogP contribution is -2.32. The van der Waals surface area contributed by atoms with Crippen molar-refractivity contribution in [3.8, 4) is 23.1 Å². The first-order valence-electron chi connectivity index (χ1n) is 12.0. The molecule has 3 aromatic carbocycles. The number of rotatable bonds is 6. The van der Waals surface area contributed by atoms with Crippen LogP contribution in [0.15, 0.2) is 100 Å². The molecule has 0 radical (unpaired) electrons. The summed E-state index contributed by atoms with van der Waals surface area (Å²) in [5.74, 6) is 0.192. The van der Waals surface area contributed by atoms with Crippen LogP contribution in [0.3, 0.4) is 0 Å². The lowest BCUT2D eigenvalue weighted by atomic mass is 10.1. The van der Waals surface area contributed by atoms with E-state index in [2.05, 4.69) is 5.32 Å². The zero-order valence-corrected chi connectivity index (χ0v) is 21.8. The number of carbonyl (C=O) groups is 1. The number of aryl methyl sites for hydroxylation is 1. The van der Waals surface area contributed by atoms with Crippen LogP contribution in [0.25, 0.3) is 28.7 Å². The molecule has 40 heavy (non-hydrogen) atoms. The van der Waals surface area contributed by atoms with Gasteiger partial charge >= 0.3 is 0 Å². The summed E-state index contributed by atoms with van der Waals surface area (Å²) in [5.41, 5.74) is 1.86. The molecule has 196 valence electrons. The molecule has 0 aliphatic carbocycles. The Morgan fingerprint density at radius 1 is 1.02 bits per heavy atom. The van der Waals surface area contributed by atoms with E-state index in [-0.39, 0.29) is 20.5 Å². The van der Waals surface area contributed by atoms with Crippen molar-refractivity contribution in [2.24, 2.45) is 0 Å². The first kappa shape index (κ1) is 26.1. The Bertz CT molecular complexity index is 1960. The predicted molar refractivity (Wildman–Crippen MR) is 152 cm³/mol. The number of nitrogens with zero attached hydrogens (tertiary/aromatic N) is 3. The number of anilines is 1. The van der Waals surface area contributed by atoms with Gasteiger partial charge in [-0.25, -0.2) is 0 Å². The summed E-state index contributed by atoms with van der Waals surface area (Å²) in [4.78, 5) is 37.3. The number of furan rings is 1. The van der Waals surface area contributed by atoms with Crippen molar-refractivity contribution in [2.45, 2.75) is 6.92 Å². The van der Waals surface area contributed by atoms with Gasteiger partial charge in [0.25, 0.3) is 17.2 Å². The smallest absolute Gasteiger partial charge is 0.273 e. The summed E-state index contributed by atoms with van der Waals surface area (Å²) in [7, 11) is 0. The molecule has 1 amide bonds. The number of carbonyl (C=O) groups excluding carboxylic acids is 1. The number of thiazole rings is 1. The van der Waals surface area contributed by atoms with Crippen LogP contribution in [-0.4, -0.2) is 15.4 Å². The molecular weight excluding hydrogens is 528 g/mol. The van der Waals surface area contributed by atoms with E-state index in [1.54, 1.807) is 72.8 Å². The van der Waals surface area contributed by atoms with Gasteiger partial charge in [0.05, 0.1) is 15.1 Å². The van der Waals surface area contributed by atoms with Gasteiger partial charge in [-0.3, -0.25) is 24.3 Å². The number of benzene rings is 3. The van der Waals surface area contributed by atoms with Crippen LogP contribution >= 0.6 is 11.3 Å². The molecule has 0 aliphatic heterocycles.